The lowest BCUT2D eigenvalue weighted by Crippen LogP contribution is -2.45. The van der Waals surface area contributed by atoms with Crippen molar-refractivity contribution in [2.24, 2.45) is 5.92 Å². The highest BCUT2D eigenvalue weighted by atomic mass is 35.5. The summed E-state index contributed by atoms with van der Waals surface area (Å²) in [7, 11) is 4.30. The molecule has 1 aliphatic rings. The molecule has 4 rings (SSSR count). The molecular formula is C28H33Cl2N5O4. The molecule has 1 unspecified atom stereocenters. The Labute approximate surface area is 238 Å². The van der Waals surface area contributed by atoms with Crippen LogP contribution in [0.15, 0.2) is 53.1 Å². The Kier molecular flexibility index (Phi) is 10.2. The van der Waals surface area contributed by atoms with Crippen LogP contribution in [-0.4, -0.2) is 59.8 Å². The van der Waals surface area contributed by atoms with Gasteiger partial charge in [-0.3, -0.25) is 9.32 Å². The molecule has 0 radical (unpaired) electrons. The van der Waals surface area contributed by atoms with Crippen molar-refractivity contribution in [3.63, 3.8) is 0 Å². The Morgan fingerprint density at radius 1 is 1.05 bits per heavy atom. The lowest BCUT2D eigenvalue weighted by Gasteiger charge is -2.37. The molecule has 1 atom stereocenters. The minimum atomic E-state index is -0.887. The second-order valence-corrected chi connectivity index (χ2v) is 10.8. The van der Waals surface area contributed by atoms with Gasteiger partial charge in [-0.15, -0.1) is 0 Å². The average molecular weight is 575 g/mol. The van der Waals surface area contributed by atoms with Crippen LogP contribution in [0.4, 0.5) is 4.79 Å². The predicted octanol–water partition coefficient (Wildman–Crippen LogP) is 5.37. The van der Waals surface area contributed by atoms with E-state index in [0.29, 0.717) is 27.6 Å². The first-order valence-corrected chi connectivity index (χ1v) is 13.8. The van der Waals surface area contributed by atoms with Gasteiger partial charge in [0.05, 0.1) is 15.6 Å². The Hall–Kier alpha value is -3.14. The average Bonchev–Trinajstić information content (AvgIpc) is 3.36. The number of hydrogen-bond donors (Lipinski definition) is 2. The van der Waals surface area contributed by atoms with Crippen molar-refractivity contribution in [2.45, 2.75) is 50.6 Å². The van der Waals surface area contributed by atoms with Crippen LogP contribution in [0.25, 0.3) is 11.4 Å². The molecule has 11 heteroatoms. The molecule has 2 amide bonds. The van der Waals surface area contributed by atoms with Gasteiger partial charge < -0.3 is 20.3 Å². The van der Waals surface area contributed by atoms with Crippen LogP contribution in [0.3, 0.4) is 0 Å². The third-order valence-corrected chi connectivity index (χ3v) is 7.71. The number of aryl methyl sites for hydroxylation is 1. The van der Waals surface area contributed by atoms with E-state index in [1.54, 1.807) is 18.2 Å². The van der Waals surface area contributed by atoms with Crippen LogP contribution < -0.4 is 15.4 Å². The fourth-order valence-electron chi connectivity index (χ4n) is 5.13. The second kappa shape index (κ2) is 13.8. The van der Waals surface area contributed by atoms with Crippen LogP contribution in [0.1, 0.15) is 37.7 Å². The third kappa shape index (κ3) is 8.17. The molecule has 208 valence electrons. The molecule has 0 spiro atoms. The summed E-state index contributed by atoms with van der Waals surface area (Å²) in [6, 6.07) is 16.1. The molecule has 9 nitrogen and oxygen atoms in total. The maximum absolute atomic E-state index is 12.4. The Bertz CT molecular complexity index is 1230. The van der Waals surface area contributed by atoms with E-state index >= 15 is 0 Å². The Morgan fingerprint density at radius 2 is 1.74 bits per heavy atom. The lowest BCUT2D eigenvalue weighted by molar-refractivity contribution is -0.121. The summed E-state index contributed by atoms with van der Waals surface area (Å²) in [5.41, 5.74) is 1.72. The number of amides is 2. The van der Waals surface area contributed by atoms with Crippen LogP contribution in [-0.2, 0) is 11.2 Å². The standard InChI is InChI=1S/C28H33Cl2N5O4/c1-35(2)23(16-11-18-7-4-3-5-8-18)19-12-14-20(15-13-19)32-24(36)17-31-27(37)38-28-33-26(34-39-28)25-21(29)9-6-10-22(25)30/h3-10,19-20,23H,11-17H2,1-2H3,(H,31,37)(H,32,36). The number of rotatable bonds is 10. The summed E-state index contributed by atoms with van der Waals surface area (Å²) in [6.45, 7) is -0.229. The van der Waals surface area contributed by atoms with Gasteiger partial charge in [0.1, 0.15) is 6.54 Å². The number of halogens is 2. The quantitative estimate of drug-likeness (QED) is 0.335. The van der Waals surface area contributed by atoms with Gasteiger partial charge in [-0.2, -0.15) is 4.98 Å². The summed E-state index contributed by atoms with van der Waals surface area (Å²) in [6.07, 6.45) is 4.80. The molecule has 39 heavy (non-hydrogen) atoms. The molecule has 1 saturated carbocycles. The van der Waals surface area contributed by atoms with E-state index < -0.39 is 6.09 Å². The monoisotopic (exact) mass is 573 g/mol. The smallest absolute Gasteiger partial charge is 0.359 e. The van der Waals surface area contributed by atoms with E-state index in [1.165, 1.54) is 5.56 Å². The van der Waals surface area contributed by atoms with Gasteiger partial charge >= 0.3 is 12.2 Å². The van der Waals surface area contributed by atoms with E-state index in [2.05, 4.69) is 64.0 Å². The van der Waals surface area contributed by atoms with Gasteiger partial charge in [-0.25, -0.2) is 4.79 Å². The van der Waals surface area contributed by atoms with Gasteiger partial charge in [0.15, 0.2) is 0 Å². The molecule has 1 heterocycles. The number of hydrogen-bond acceptors (Lipinski definition) is 7. The van der Waals surface area contributed by atoms with Crippen molar-refractivity contribution < 1.29 is 18.8 Å². The number of ether oxygens (including phenoxy) is 1. The summed E-state index contributed by atoms with van der Waals surface area (Å²) < 4.78 is 9.94. The molecule has 0 aliphatic heterocycles. The predicted molar refractivity (Wildman–Crippen MR) is 150 cm³/mol. The molecule has 0 bridgehead atoms. The van der Waals surface area contributed by atoms with Crippen molar-refractivity contribution in [3.8, 4) is 17.5 Å². The van der Waals surface area contributed by atoms with E-state index in [0.717, 1.165) is 38.5 Å². The molecule has 2 aromatic carbocycles. The zero-order valence-corrected chi connectivity index (χ0v) is 23.5. The molecule has 0 saturated heterocycles. The third-order valence-electron chi connectivity index (χ3n) is 7.08. The maximum atomic E-state index is 12.4. The van der Waals surface area contributed by atoms with Crippen LogP contribution in [0, 0.1) is 5.92 Å². The molecule has 2 N–H and O–H groups in total. The van der Waals surface area contributed by atoms with Gasteiger partial charge in [-0.1, -0.05) is 64.8 Å². The molecule has 1 aromatic heterocycles. The van der Waals surface area contributed by atoms with Crippen molar-refractivity contribution in [2.75, 3.05) is 20.6 Å². The first-order chi connectivity index (χ1) is 18.8. The zero-order valence-electron chi connectivity index (χ0n) is 22.0. The van der Waals surface area contributed by atoms with Crippen molar-refractivity contribution in [1.82, 2.24) is 25.7 Å². The number of carbonyl (C=O) groups is 2. The number of nitrogens with one attached hydrogen (secondary N) is 2. The molecule has 3 aromatic rings. The Morgan fingerprint density at radius 3 is 2.41 bits per heavy atom. The number of aromatic nitrogens is 2. The number of nitrogens with zero attached hydrogens (tertiary/aromatic N) is 3. The fraction of sp³-hybridized carbons (Fsp3) is 0.429. The first kappa shape index (κ1) is 28.9. The van der Waals surface area contributed by atoms with E-state index in [1.807, 2.05) is 6.07 Å². The largest absolute Gasteiger partial charge is 0.426 e. The van der Waals surface area contributed by atoms with Gasteiger partial charge in [0.25, 0.3) is 0 Å². The fourth-order valence-corrected chi connectivity index (χ4v) is 5.70. The van der Waals surface area contributed by atoms with Crippen LogP contribution in [0.2, 0.25) is 10.0 Å². The van der Waals surface area contributed by atoms with Crippen molar-refractivity contribution in [1.29, 1.82) is 0 Å². The highest BCUT2D eigenvalue weighted by molar-refractivity contribution is 6.38. The zero-order chi connectivity index (χ0) is 27.8. The van der Waals surface area contributed by atoms with Crippen LogP contribution in [0.5, 0.6) is 6.08 Å². The van der Waals surface area contributed by atoms with Gasteiger partial charge in [0, 0.05) is 12.1 Å². The number of carbonyl (C=O) groups excluding carboxylic acids is 2. The Balaban J connectivity index is 1.18. The van der Waals surface area contributed by atoms with E-state index in [9.17, 15) is 9.59 Å². The van der Waals surface area contributed by atoms with E-state index in [-0.39, 0.29) is 30.4 Å². The highest BCUT2D eigenvalue weighted by Gasteiger charge is 2.29. The summed E-state index contributed by atoms with van der Waals surface area (Å²) in [5, 5.41) is 9.83. The highest BCUT2D eigenvalue weighted by Crippen LogP contribution is 2.33. The van der Waals surface area contributed by atoms with Gasteiger partial charge in [0.2, 0.25) is 11.7 Å². The summed E-state index contributed by atoms with van der Waals surface area (Å²) in [4.78, 5) is 30.9. The van der Waals surface area contributed by atoms with Gasteiger partial charge in [-0.05, 0) is 76.2 Å². The number of benzene rings is 2. The SMILES string of the molecule is CN(C)C(CCc1ccccc1)C1CCC(NC(=O)CNC(=O)Oc2nc(-c3c(Cl)cccc3Cl)no2)CC1. The maximum Gasteiger partial charge on any atom is 0.426 e. The van der Waals surface area contributed by atoms with Crippen molar-refractivity contribution >= 4 is 35.2 Å². The van der Waals surface area contributed by atoms with E-state index in [4.69, 9.17) is 32.5 Å². The minimum Gasteiger partial charge on any atom is -0.359 e. The van der Waals surface area contributed by atoms with Crippen LogP contribution >= 0.6 is 23.2 Å². The molecule has 1 fully saturated rings. The van der Waals surface area contributed by atoms with Crippen molar-refractivity contribution in [3.05, 3.63) is 64.1 Å². The lowest BCUT2D eigenvalue weighted by atomic mass is 9.79. The summed E-state index contributed by atoms with van der Waals surface area (Å²) in [5.74, 6) is 0.390. The molecule has 1 aliphatic carbocycles. The first-order valence-electron chi connectivity index (χ1n) is 13.0. The second-order valence-electron chi connectivity index (χ2n) is 9.96. The normalized spacial score (nSPS) is 18.0. The topological polar surface area (TPSA) is 110 Å². The summed E-state index contributed by atoms with van der Waals surface area (Å²) >= 11 is 12.3. The minimum absolute atomic E-state index is 0.0818. The molecular weight excluding hydrogens is 541 g/mol.